The van der Waals surface area contributed by atoms with Crippen molar-refractivity contribution in [2.75, 3.05) is 31.1 Å². The van der Waals surface area contributed by atoms with Gasteiger partial charge >= 0.3 is 0 Å². The Bertz CT molecular complexity index is 927. The molecule has 1 amide bonds. The molecule has 1 saturated heterocycles. The summed E-state index contributed by atoms with van der Waals surface area (Å²) < 4.78 is 2.40. The number of nitrogens with zero attached hydrogens (tertiary/aromatic N) is 5. The largest absolute Gasteiger partial charge is 0.352 e. The minimum Gasteiger partial charge on any atom is -0.352 e. The molecule has 2 aromatic rings. The van der Waals surface area contributed by atoms with Crippen LogP contribution in [0.4, 0.5) is 5.82 Å². The Morgan fingerprint density at radius 2 is 1.86 bits per heavy atom. The van der Waals surface area contributed by atoms with E-state index in [0.717, 1.165) is 17.1 Å². The second-order valence-corrected chi connectivity index (χ2v) is 8.21. The topological polar surface area (TPSA) is 65.2 Å². The molecular weight excluding hydrogens is 362 g/mol. The first-order chi connectivity index (χ1) is 14.1. The summed E-state index contributed by atoms with van der Waals surface area (Å²) in [5.41, 5.74) is 3.74. The Hall–Kier alpha value is -2.81. The molecule has 3 heterocycles. The van der Waals surface area contributed by atoms with Gasteiger partial charge in [-0.3, -0.25) is 4.79 Å². The van der Waals surface area contributed by atoms with Gasteiger partial charge in [0.05, 0.1) is 11.1 Å². The predicted molar refractivity (Wildman–Crippen MR) is 113 cm³/mol. The molecule has 152 valence electrons. The molecule has 0 unspecified atom stereocenters. The molecule has 29 heavy (non-hydrogen) atoms. The van der Waals surface area contributed by atoms with E-state index in [-0.39, 0.29) is 5.91 Å². The van der Waals surface area contributed by atoms with Crippen LogP contribution in [0.5, 0.6) is 0 Å². The second kappa shape index (κ2) is 8.28. The van der Waals surface area contributed by atoms with Crippen molar-refractivity contribution in [2.24, 2.45) is 0 Å². The minimum absolute atomic E-state index is 0.126. The number of rotatable bonds is 3. The summed E-state index contributed by atoms with van der Waals surface area (Å²) in [6, 6.07) is 8.40. The summed E-state index contributed by atoms with van der Waals surface area (Å²) in [5.74, 6) is 0.846. The van der Waals surface area contributed by atoms with E-state index in [1.807, 2.05) is 4.90 Å². The lowest BCUT2D eigenvalue weighted by Crippen LogP contribution is -2.49. The zero-order valence-electron chi connectivity index (χ0n) is 17.4. The quantitative estimate of drug-likeness (QED) is 0.797. The molecule has 6 heteroatoms. The fourth-order valence-corrected chi connectivity index (χ4v) is 4.92. The number of amides is 1. The summed E-state index contributed by atoms with van der Waals surface area (Å²) in [5, 5.41) is 9.32. The number of nitriles is 1. The van der Waals surface area contributed by atoms with Crippen molar-refractivity contribution in [1.82, 2.24) is 14.5 Å². The Morgan fingerprint density at radius 1 is 1.14 bits per heavy atom. The summed E-state index contributed by atoms with van der Waals surface area (Å²) in [7, 11) is 0. The molecule has 0 spiro atoms. The van der Waals surface area contributed by atoms with Crippen molar-refractivity contribution < 1.29 is 4.79 Å². The lowest BCUT2D eigenvalue weighted by Gasteiger charge is -2.35. The highest BCUT2D eigenvalue weighted by molar-refractivity contribution is 5.96. The lowest BCUT2D eigenvalue weighted by molar-refractivity contribution is 0.0745. The molecule has 1 saturated carbocycles. The number of pyridine rings is 1. The van der Waals surface area contributed by atoms with Crippen LogP contribution in [0.25, 0.3) is 0 Å². The average Bonchev–Trinajstić information content (AvgIpc) is 3.07. The summed E-state index contributed by atoms with van der Waals surface area (Å²) >= 11 is 0. The van der Waals surface area contributed by atoms with Crippen LogP contribution in [-0.2, 0) is 0 Å². The van der Waals surface area contributed by atoms with Gasteiger partial charge in [-0.25, -0.2) is 4.98 Å². The van der Waals surface area contributed by atoms with Gasteiger partial charge in [-0.15, -0.1) is 0 Å². The molecule has 0 atom stereocenters. The lowest BCUT2D eigenvalue weighted by atomic mass is 9.95. The second-order valence-electron chi connectivity index (χ2n) is 8.21. The molecule has 0 radical (unpaired) electrons. The third-order valence-corrected chi connectivity index (χ3v) is 6.43. The van der Waals surface area contributed by atoms with Crippen molar-refractivity contribution in [3.63, 3.8) is 0 Å². The van der Waals surface area contributed by atoms with E-state index < -0.39 is 0 Å². The average molecular weight is 392 g/mol. The van der Waals surface area contributed by atoms with Crippen LogP contribution < -0.4 is 4.90 Å². The first-order valence-electron chi connectivity index (χ1n) is 10.7. The van der Waals surface area contributed by atoms with Crippen LogP contribution in [0.2, 0.25) is 0 Å². The predicted octanol–water partition coefficient (Wildman–Crippen LogP) is 3.84. The molecule has 4 rings (SSSR count). The van der Waals surface area contributed by atoms with E-state index >= 15 is 0 Å². The molecule has 2 aliphatic rings. The molecule has 6 nitrogen and oxygen atoms in total. The van der Waals surface area contributed by atoms with Gasteiger partial charge in [0, 0.05) is 49.8 Å². The van der Waals surface area contributed by atoms with Crippen molar-refractivity contribution >= 4 is 11.7 Å². The van der Waals surface area contributed by atoms with Gasteiger partial charge in [-0.1, -0.05) is 19.3 Å². The molecular formula is C23H29N5O. The highest BCUT2D eigenvalue weighted by atomic mass is 16.2. The van der Waals surface area contributed by atoms with E-state index in [9.17, 15) is 10.1 Å². The number of carbonyl (C=O) groups excluding carboxylic acids is 1. The number of hydrogen-bond donors (Lipinski definition) is 0. The SMILES string of the molecule is Cc1cc(C(=O)N2CCN(c3ncccc3C#N)CC2)c(C)n1C1CCCCC1. The molecule has 2 aromatic heterocycles. The van der Waals surface area contributed by atoms with E-state index in [4.69, 9.17) is 0 Å². The van der Waals surface area contributed by atoms with Gasteiger partial charge < -0.3 is 14.4 Å². The van der Waals surface area contributed by atoms with E-state index in [2.05, 4.69) is 40.4 Å². The number of carbonyl (C=O) groups is 1. The maximum absolute atomic E-state index is 13.3. The highest BCUT2D eigenvalue weighted by Gasteiger charge is 2.28. The van der Waals surface area contributed by atoms with Crippen LogP contribution in [0, 0.1) is 25.2 Å². The fraction of sp³-hybridized carbons (Fsp3) is 0.522. The third-order valence-electron chi connectivity index (χ3n) is 6.43. The summed E-state index contributed by atoms with van der Waals surface area (Å²) in [6.45, 7) is 6.90. The van der Waals surface area contributed by atoms with Crippen LogP contribution in [-0.4, -0.2) is 46.5 Å². The number of hydrogen-bond acceptors (Lipinski definition) is 4. The van der Waals surface area contributed by atoms with Crippen LogP contribution in [0.1, 0.15) is 65.5 Å². The maximum Gasteiger partial charge on any atom is 0.255 e. The molecule has 0 N–H and O–H groups in total. The highest BCUT2D eigenvalue weighted by Crippen LogP contribution is 2.32. The van der Waals surface area contributed by atoms with Crippen molar-refractivity contribution in [3.05, 3.63) is 46.9 Å². The van der Waals surface area contributed by atoms with E-state index in [0.29, 0.717) is 37.8 Å². The molecule has 0 bridgehead atoms. The fourth-order valence-electron chi connectivity index (χ4n) is 4.92. The Kier molecular flexibility index (Phi) is 5.57. The first kappa shape index (κ1) is 19.5. The van der Waals surface area contributed by atoms with Crippen molar-refractivity contribution in [1.29, 1.82) is 5.26 Å². The molecule has 1 aliphatic heterocycles. The smallest absolute Gasteiger partial charge is 0.255 e. The van der Waals surface area contributed by atoms with Crippen LogP contribution in [0.15, 0.2) is 24.4 Å². The Balaban J connectivity index is 1.47. The minimum atomic E-state index is 0.126. The summed E-state index contributed by atoms with van der Waals surface area (Å²) in [6.07, 6.45) is 8.04. The van der Waals surface area contributed by atoms with Gasteiger partial charge in [-0.05, 0) is 44.9 Å². The molecule has 0 aromatic carbocycles. The van der Waals surface area contributed by atoms with Gasteiger partial charge in [0.2, 0.25) is 0 Å². The van der Waals surface area contributed by atoms with Crippen molar-refractivity contribution in [2.45, 2.75) is 52.0 Å². The van der Waals surface area contributed by atoms with E-state index in [1.165, 1.54) is 37.8 Å². The van der Waals surface area contributed by atoms with Gasteiger partial charge in [-0.2, -0.15) is 5.26 Å². The van der Waals surface area contributed by atoms with Crippen molar-refractivity contribution in [3.8, 4) is 6.07 Å². The standard InChI is InChI=1S/C23H29N5O/c1-17-15-21(18(2)28(17)20-8-4-3-5-9-20)23(29)27-13-11-26(12-14-27)22-19(16-24)7-6-10-25-22/h6-7,10,15,20H,3-5,8-9,11-14H2,1-2H3. The number of aryl methyl sites for hydroxylation is 1. The monoisotopic (exact) mass is 391 g/mol. The Labute approximate surface area is 172 Å². The van der Waals surface area contributed by atoms with Crippen LogP contribution >= 0.6 is 0 Å². The normalized spacial score (nSPS) is 18.0. The zero-order valence-corrected chi connectivity index (χ0v) is 17.4. The van der Waals surface area contributed by atoms with Gasteiger partial charge in [0.25, 0.3) is 5.91 Å². The number of piperazine rings is 1. The third kappa shape index (κ3) is 3.74. The molecule has 2 fully saturated rings. The number of aromatic nitrogens is 2. The summed E-state index contributed by atoms with van der Waals surface area (Å²) in [4.78, 5) is 21.7. The Morgan fingerprint density at radius 3 is 2.55 bits per heavy atom. The number of anilines is 1. The zero-order chi connectivity index (χ0) is 20.4. The van der Waals surface area contributed by atoms with Crippen LogP contribution in [0.3, 0.4) is 0 Å². The van der Waals surface area contributed by atoms with Gasteiger partial charge in [0.1, 0.15) is 11.9 Å². The van der Waals surface area contributed by atoms with E-state index in [1.54, 1.807) is 18.3 Å². The first-order valence-corrected chi connectivity index (χ1v) is 10.7. The maximum atomic E-state index is 13.3. The van der Waals surface area contributed by atoms with Gasteiger partial charge in [0.15, 0.2) is 0 Å². The molecule has 1 aliphatic carbocycles.